The Kier molecular flexibility index (Phi) is 12.5. The topological polar surface area (TPSA) is 15.6 Å². The van der Waals surface area contributed by atoms with Gasteiger partial charge in [0.05, 0.1) is 11.4 Å². The molecule has 0 aromatic heterocycles. The third-order valence-corrected chi connectivity index (χ3v) is 5.29. The quantitative estimate of drug-likeness (QED) is 0.212. The van der Waals surface area contributed by atoms with Crippen LogP contribution in [-0.4, -0.2) is 28.9 Å². The minimum absolute atomic E-state index is 0.108. The van der Waals surface area contributed by atoms with E-state index >= 15 is 0 Å². The minimum atomic E-state index is 0.108. The first-order valence-electron chi connectivity index (χ1n) is 11.6. The van der Waals surface area contributed by atoms with Crippen LogP contribution in [0, 0.1) is 0 Å². The number of hydrogen-bond donors (Lipinski definition) is 0. The second kappa shape index (κ2) is 14.0. The van der Waals surface area contributed by atoms with Gasteiger partial charge in [-0.25, -0.2) is 0 Å². The van der Waals surface area contributed by atoms with Crippen molar-refractivity contribution in [3.8, 4) is 0 Å². The van der Waals surface area contributed by atoms with Gasteiger partial charge in [0.15, 0.2) is 0 Å². The third kappa shape index (κ3) is 11.4. The highest BCUT2D eigenvalue weighted by Gasteiger charge is 2.31. The molecule has 2 heteroatoms. The lowest BCUT2D eigenvalue weighted by molar-refractivity contribution is 0.320. The molecule has 27 heavy (non-hydrogen) atoms. The highest BCUT2D eigenvalue weighted by molar-refractivity contribution is 5.84. The molecule has 0 bridgehead atoms. The average Bonchev–Trinajstić information content (AvgIpc) is 2.93. The lowest BCUT2D eigenvalue weighted by Crippen LogP contribution is -2.37. The van der Waals surface area contributed by atoms with Crippen molar-refractivity contribution in [1.82, 2.24) is 4.90 Å². The summed E-state index contributed by atoms with van der Waals surface area (Å²) >= 11 is 0. The predicted molar refractivity (Wildman–Crippen MR) is 123 cm³/mol. The summed E-state index contributed by atoms with van der Waals surface area (Å²) < 4.78 is 0. The standard InChI is InChI=1S/C25H46N2/c1-6-7-8-9-10-11-12-13-14-15-16-17-18-19-20-21-24-26-25(4,5)22-27(24)23(2)3/h10-11,13-14,23H,6-9,12,15-22H2,1-5H3/b11-10-,14-13+. The molecule has 0 radical (unpaired) electrons. The Morgan fingerprint density at radius 3 is 2.11 bits per heavy atom. The highest BCUT2D eigenvalue weighted by atomic mass is 15.3. The molecule has 0 amide bonds. The second-order valence-corrected chi connectivity index (χ2v) is 9.04. The van der Waals surface area contributed by atoms with Gasteiger partial charge in [0.1, 0.15) is 0 Å². The van der Waals surface area contributed by atoms with E-state index in [0.717, 1.165) is 19.4 Å². The van der Waals surface area contributed by atoms with E-state index in [1.165, 1.54) is 70.0 Å². The normalized spacial score (nSPS) is 17.0. The summed E-state index contributed by atoms with van der Waals surface area (Å²) in [5.41, 5.74) is 0.108. The van der Waals surface area contributed by atoms with Crippen molar-refractivity contribution in [1.29, 1.82) is 0 Å². The largest absolute Gasteiger partial charge is 0.356 e. The van der Waals surface area contributed by atoms with E-state index < -0.39 is 0 Å². The summed E-state index contributed by atoms with van der Waals surface area (Å²) in [5, 5.41) is 0. The van der Waals surface area contributed by atoms with Crippen molar-refractivity contribution in [2.45, 2.75) is 123 Å². The first-order valence-corrected chi connectivity index (χ1v) is 11.6. The van der Waals surface area contributed by atoms with E-state index in [0.29, 0.717) is 6.04 Å². The molecule has 0 N–H and O–H groups in total. The van der Waals surface area contributed by atoms with Gasteiger partial charge < -0.3 is 4.90 Å². The number of rotatable bonds is 15. The maximum absolute atomic E-state index is 4.95. The van der Waals surface area contributed by atoms with Gasteiger partial charge in [0.2, 0.25) is 0 Å². The Hall–Kier alpha value is -1.05. The molecule has 0 spiro atoms. The molecule has 0 saturated carbocycles. The fourth-order valence-corrected chi connectivity index (χ4v) is 3.73. The van der Waals surface area contributed by atoms with E-state index in [2.05, 4.69) is 63.8 Å². The molecule has 1 aliphatic heterocycles. The summed E-state index contributed by atoms with van der Waals surface area (Å²) in [6.07, 6.45) is 24.8. The number of allylic oxidation sites excluding steroid dienone is 4. The summed E-state index contributed by atoms with van der Waals surface area (Å²) in [6, 6.07) is 0.573. The first kappa shape index (κ1) is 24.0. The third-order valence-electron chi connectivity index (χ3n) is 5.29. The van der Waals surface area contributed by atoms with Gasteiger partial charge in [-0.2, -0.15) is 0 Å². The molecular formula is C25H46N2. The van der Waals surface area contributed by atoms with Gasteiger partial charge in [0.25, 0.3) is 0 Å². The van der Waals surface area contributed by atoms with Crippen LogP contribution in [0.4, 0.5) is 0 Å². The van der Waals surface area contributed by atoms with Crippen molar-refractivity contribution < 1.29 is 0 Å². The van der Waals surface area contributed by atoms with Gasteiger partial charge >= 0.3 is 0 Å². The van der Waals surface area contributed by atoms with Crippen LogP contribution < -0.4 is 0 Å². The number of amidine groups is 1. The average molecular weight is 375 g/mol. The van der Waals surface area contributed by atoms with Gasteiger partial charge in [0, 0.05) is 19.0 Å². The highest BCUT2D eigenvalue weighted by Crippen LogP contribution is 2.24. The molecule has 0 fully saturated rings. The Labute approximate surface area is 170 Å². The molecule has 0 saturated heterocycles. The zero-order valence-electron chi connectivity index (χ0n) is 19.0. The molecule has 0 unspecified atom stereocenters. The SMILES string of the molecule is CCCCC/C=C\C/C=C/CCCCCCCC1=NC(C)(C)CN1C(C)C. The molecule has 0 atom stereocenters. The van der Waals surface area contributed by atoms with Crippen LogP contribution in [0.2, 0.25) is 0 Å². The van der Waals surface area contributed by atoms with E-state index in [-0.39, 0.29) is 5.54 Å². The maximum atomic E-state index is 4.95. The molecule has 0 aliphatic carbocycles. The minimum Gasteiger partial charge on any atom is -0.356 e. The van der Waals surface area contributed by atoms with Crippen LogP contribution in [0.15, 0.2) is 29.3 Å². The van der Waals surface area contributed by atoms with Gasteiger partial charge in [-0.1, -0.05) is 63.3 Å². The maximum Gasteiger partial charge on any atom is 0.0999 e. The van der Waals surface area contributed by atoms with E-state index in [1.807, 2.05) is 0 Å². The summed E-state index contributed by atoms with van der Waals surface area (Å²) in [7, 11) is 0. The number of aliphatic imine (C=N–C) groups is 1. The molecule has 1 aliphatic rings. The van der Waals surface area contributed by atoms with Gasteiger partial charge in [-0.05, 0) is 66.2 Å². The van der Waals surface area contributed by atoms with Crippen molar-refractivity contribution in [2.75, 3.05) is 6.54 Å². The predicted octanol–water partition coefficient (Wildman–Crippen LogP) is 7.70. The van der Waals surface area contributed by atoms with Crippen molar-refractivity contribution in [2.24, 2.45) is 4.99 Å². The van der Waals surface area contributed by atoms with Crippen LogP contribution in [0.25, 0.3) is 0 Å². The first-order chi connectivity index (χ1) is 13.0. The van der Waals surface area contributed by atoms with Crippen molar-refractivity contribution in [3.05, 3.63) is 24.3 Å². The zero-order chi connectivity index (χ0) is 20.0. The number of nitrogens with zero attached hydrogens (tertiary/aromatic N) is 2. The van der Waals surface area contributed by atoms with E-state index in [1.54, 1.807) is 0 Å². The lowest BCUT2D eigenvalue weighted by atomic mass is 10.1. The smallest absolute Gasteiger partial charge is 0.0999 e. The van der Waals surface area contributed by atoms with E-state index in [9.17, 15) is 0 Å². The van der Waals surface area contributed by atoms with Crippen LogP contribution in [0.5, 0.6) is 0 Å². The molecular weight excluding hydrogens is 328 g/mol. The Balaban J connectivity index is 1.99. The Morgan fingerprint density at radius 1 is 0.889 bits per heavy atom. The molecule has 1 rings (SSSR count). The molecule has 156 valence electrons. The van der Waals surface area contributed by atoms with Gasteiger partial charge in [-0.15, -0.1) is 0 Å². The molecule has 0 aromatic rings. The monoisotopic (exact) mass is 374 g/mol. The molecule has 1 heterocycles. The van der Waals surface area contributed by atoms with Crippen LogP contribution >= 0.6 is 0 Å². The van der Waals surface area contributed by atoms with Crippen molar-refractivity contribution in [3.63, 3.8) is 0 Å². The van der Waals surface area contributed by atoms with E-state index in [4.69, 9.17) is 4.99 Å². The van der Waals surface area contributed by atoms with Crippen molar-refractivity contribution >= 4 is 5.84 Å². The fraction of sp³-hybridized carbons (Fsp3) is 0.800. The fourth-order valence-electron chi connectivity index (χ4n) is 3.73. The second-order valence-electron chi connectivity index (χ2n) is 9.04. The number of unbranched alkanes of at least 4 members (excludes halogenated alkanes) is 8. The summed E-state index contributed by atoms with van der Waals surface area (Å²) in [6.45, 7) is 12.4. The molecule has 0 aromatic carbocycles. The Morgan fingerprint density at radius 2 is 1.48 bits per heavy atom. The lowest BCUT2D eigenvalue weighted by Gasteiger charge is -2.26. The number of hydrogen-bond acceptors (Lipinski definition) is 2. The summed E-state index contributed by atoms with van der Waals surface area (Å²) in [5.74, 6) is 1.35. The summed E-state index contributed by atoms with van der Waals surface area (Å²) in [4.78, 5) is 7.46. The Bertz CT molecular complexity index is 457. The van der Waals surface area contributed by atoms with Crippen LogP contribution in [0.3, 0.4) is 0 Å². The van der Waals surface area contributed by atoms with Gasteiger partial charge in [-0.3, -0.25) is 4.99 Å². The van der Waals surface area contributed by atoms with Crippen LogP contribution in [-0.2, 0) is 0 Å². The van der Waals surface area contributed by atoms with Crippen LogP contribution in [0.1, 0.15) is 112 Å². The zero-order valence-corrected chi connectivity index (χ0v) is 19.0. The molecule has 2 nitrogen and oxygen atoms in total.